The molecule has 18 heavy (non-hydrogen) atoms. The van der Waals surface area contributed by atoms with Gasteiger partial charge in [0.2, 0.25) is 0 Å². The molecule has 4 heteroatoms. The van der Waals surface area contributed by atoms with Gasteiger partial charge in [0, 0.05) is 24.8 Å². The van der Waals surface area contributed by atoms with E-state index in [2.05, 4.69) is 16.7 Å². The van der Waals surface area contributed by atoms with Gasteiger partial charge in [0.1, 0.15) is 11.9 Å². The Hall–Kier alpha value is -1.60. The summed E-state index contributed by atoms with van der Waals surface area (Å²) in [6.45, 7) is 5.86. The Kier molecular flexibility index (Phi) is 5.11. The van der Waals surface area contributed by atoms with Crippen LogP contribution in [0.2, 0.25) is 0 Å². The summed E-state index contributed by atoms with van der Waals surface area (Å²) in [7, 11) is 4.04. The highest BCUT2D eigenvalue weighted by molar-refractivity contribution is 5.51. The Morgan fingerprint density at radius 1 is 1.39 bits per heavy atom. The van der Waals surface area contributed by atoms with Gasteiger partial charge in [-0.3, -0.25) is 0 Å². The van der Waals surface area contributed by atoms with E-state index in [1.807, 2.05) is 27.1 Å². The predicted molar refractivity (Wildman–Crippen MR) is 72.2 cm³/mol. The van der Waals surface area contributed by atoms with E-state index in [0.717, 1.165) is 18.8 Å². The average Bonchev–Trinajstić information content (AvgIpc) is 2.29. The number of benzene rings is 1. The summed E-state index contributed by atoms with van der Waals surface area (Å²) >= 11 is 0. The van der Waals surface area contributed by atoms with Crippen LogP contribution < -0.4 is 4.90 Å². The van der Waals surface area contributed by atoms with Crippen molar-refractivity contribution in [1.82, 2.24) is 4.90 Å². The van der Waals surface area contributed by atoms with Gasteiger partial charge in [-0.25, -0.2) is 4.39 Å². The molecule has 0 bridgehead atoms. The lowest BCUT2D eigenvalue weighted by molar-refractivity contribution is 0.373. The summed E-state index contributed by atoms with van der Waals surface area (Å²) in [5, 5.41) is 8.72. The van der Waals surface area contributed by atoms with E-state index in [0.29, 0.717) is 0 Å². The Labute approximate surface area is 108 Å². The van der Waals surface area contributed by atoms with Gasteiger partial charge in [-0.05, 0) is 46.1 Å². The summed E-state index contributed by atoms with van der Waals surface area (Å²) in [6.07, 6.45) is 0. The molecule has 0 amide bonds. The Morgan fingerprint density at radius 3 is 2.50 bits per heavy atom. The van der Waals surface area contributed by atoms with E-state index in [9.17, 15) is 4.39 Å². The molecule has 1 aromatic rings. The first-order valence-corrected chi connectivity index (χ1v) is 6.10. The smallest absolute Gasteiger partial charge is 0.143 e. The van der Waals surface area contributed by atoms with Crippen LogP contribution in [0.1, 0.15) is 19.4 Å². The number of rotatable bonds is 5. The van der Waals surface area contributed by atoms with Gasteiger partial charge in [-0.1, -0.05) is 0 Å². The lowest BCUT2D eigenvalue weighted by Gasteiger charge is -2.32. The van der Waals surface area contributed by atoms with Crippen molar-refractivity contribution in [1.29, 1.82) is 5.26 Å². The van der Waals surface area contributed by atoms with Gasteiger partial charge < -0.3 is 9.80 Å². The molecule has 1 unspecified atom stereocenters. The number of halogens is 1. The summed E-state index contributed by atoms with van der Waals surface area (Å²) in [6, 6.07) is 6.91. The van der Waals surface area contributed by atoms with Gasteiger partial charge in [0.15, 0.2) is 0 Å². The lowest BCUT2D eigenvalue weighted by Crippen LogP contribution is -2.40. The van der Waals surface area contributed by atoms with Crippen molar-refractivity contribution in [2.45, 2.75) is 19.9 Å². The predicted octanol–water partition coefficient (Wildman–Crippen LogP) is 2.47. The Morgan fingerprint density at radius 2 is 2.06 bits per heavy atom. The molecule has 0 aliphatic carbocycles. The van der Waals surface area contributed by atoms with Crippen molar-refractivity contribution in [3.8, 4) is 6.07 Å². The van der Waals surface area contributed by atoms with E-state index in [1.165, 1.54) is 12.1 Å². The minimum Gasteiger partial charge on any atom is -0.368 e. The van der Waals surface area contributed by atoms with Crippen LogP contribution in [0.4, 0.5) is 10.1 Å². The topological polar surface area (TPSA) is 30.3 Å². The van der Waals surface area contributed by atoms with E-state index < -0.39 is 5.82 Å². The standard InChI is InChI=1S/C14H20FN3/c1-5-18(11(2)10-17(3)4)13-7-6-12(9-16)14(15)8-13/h6-8,11H,5,10H2,1-4H3. The monoisotopic (exact) mass is 249 g/mol. The second-order valence-corrected chi connectivity index (χ2v) is 4.67. The Bertz CT molecular complexity index is 437. The largest absolute Gasteiger partial charge is 0.368 e. The highest BCUT2D eigenvalue weighted by Crippen LogP contribution is 2.20. The second kappa shape index (κ2) is 6.36. The zero-order chi connectivity index (χ0) is 13.7. The van der Waals surface area contributed by atoms with Crippen LogP contribution in [0, 0.1) is 17.1 Å². The molecule has 0 saturated heterocycles. The van der Waals surface area contributed by atoms with Crippen LogP contribution >= 0.6 is 0 Å². The van der Waals surface area contributed by atoms with Crippen LogP contribution in [0.25, 0.3) is 0 Å². The minimum absolute atomic E-state index is 0.0927. The molecule has 0 fully saturated rings. The molecule has 1 atom stereocenters. The summed E-state index contributed by atoms with van der Waals surface area (Å²) in [4.78, 5) is 4.23. The van der Waals surface area contributed by atoms with Crippen molar-refractivity contribution >= 4 is 5.69 Å². The van der Waals surface area contributed by atoms with Crippen LogP contribution in [-0.4, -0.2) is 38.1 Å². The number of hydrogen-bond donors (Lipinski definition) is 0. The van der Waals surface area contributed by atoms with Gasteiger partial charge >= 0.3 is 0 Å². The third-order valence-electron chi connectivity index (χ3n) is 2.91. The van der Waals surface area contributed by atoms with Crippen molar-refractivity contribution in [3.63, 3.8) is 0 Å². The number of anilines is 1. The van der Waals surface area contributed by atoms with Crippen molar-refractivity contribution < 1.29 is 4.39 Å². The summed E-state index contributed by atoms with van der Waals surface area (Å²) in [5.74, 6) is -0.453. The molecule has 0 N–H and O–H groups in total. The number of likely N-dealkylation sites (N-methyl/N-ethyl adjacent to an activating group) is 2. The fourth-order valence-corrected chi connectivity index (χ4v) is 2.15. The summed E-state index contributed by atoms with van der Waals surface area (Å²) < 4.78 is 13.6. The molecule has 0 heterocycles. The van der Waals surface area contributed by atoms with Gasteiger partial charge in [-0.15, -0.1) is 0 Å². The number of nitrogens with zero attached hydrogens (tertiary/aromatic N) is 3. The van der Waals surface area contributed by atoms with Crippen molar-refractivity contribution in [2.24, 2.45) is 0 Å². The highest BCUT2D eigenvalue weighted by atomic mass is 19.1. The molecule has 0 radical (unpaired) electrons. The number of nitriles is 1. The molecule has 0 aliphatic heterocycles. The molecular formula is C14H20FN3. The van der Waals surface area contributed by atoms with Crippen molar-refractivity contribution in [3.05, 3.63) is 29.6 Å². The fraction of sp³-hybridized carbons (Fsp3) is 0.500. The number of hydrogen-bond acceptors (Lipinski definition) is 3. The minimum atomic E-state index is -0.453. The highest BCUT2D eigenvalue weighted by Gasteiger charge is 2.15. The quantitative estimate of drug-likeness (QED) is 0.803. The first kappa shape index (κ1) is 14.5. The van der Waals surface area contributed by atoms with Crippen LogP contribution in [0.5, 0.6) is 0 Å². The van der Waals surface area contributed by atoms with E-state index >= 15 is 0 Å². The van der Waals surface area contributed by atoms with Gasteiger partial charge in [0.05, 0.1) is 5.56 Å². The maximum absolute atomic E-state index is 13.6. The zero-order valence-electron chi connectivity index (χ0n) is 11.4. The fourth-order valence-electron chi connectivity index (χ4n) is 2.15. The van der Waals surface area contributed by atoms with E-state index in [4.69, 9.17) is 5.26 Å². The normalized spacial score (nSPS) is 12.3. The molecule has 0 aliphatic rings. The third-order valence-corrected chi connectivity index (χ3v) is 2.91. The van der Waals surface area contributed by atoms with Crippen molar-refractivity contribution in [2.75, 3.05) is 32.1 Å². The molecule has 0 spiro atoms. The van der Waals surface area contributed by atoms with Crippen LogP contribution in [-0.2, 0) is 0 Å². The zero-order valence-corrected chi connectivity index (χ0v) is 11.4. The maximum atomic E-state index is 13.6. The van der Waals surface area contributed by atoms with Gasteiger partial charge in [0.25, 0.3) is 0 Å². The molecule has 98 valence electrons. The summed E-state index contributed by atoms with van der Waals surface area (Å²) in [5.41, 5.74) is 0.915. The molecule has 1 rings (SSSR count). The second-order valence-electron chi connectivity index (χ2n) is 4.67. The van der Waals surface area contributed by atoms with Crippen LogP contribution in [0.3, 0.4) is 0 Å². The Balaban J connectivity index is 2.95. The maximum Gasteiger partial charge on any atom is 0.143 e. The van der Waals surface area contributed by atoms with E-state index in [1.54, 1.807) is 6.07 Å². The average molecular weight is 249 g/mol. The molecule has 3 nitrogen and oxygen atoms in total. The van der Waals surface area contributed by atoms with Crippen LogP contribution in [0.15, 0.2) is 18.2 Å². The van der Waals surface area contributed by atoms with E-state index in [-0.39, 0.29) is 11.6 Å². The molecule has 1 aromatic carbocycles. The third kappa shape index (κ3) is 3.44. The first-order valence-electron chi connectivity index (χ1n) is 6.10. The molecule has 0 saturated carbocycles. The molecule has 0 aromatic heterocycles. The SMILES string of the molecule is CCN(c1ccc(C#N)c(F)c1)C(C)CN(C)C. The lowest BCUT2D eigenvalue weighted by atomic mass is 10.1. The first-order chi connectivity index (χ1) is 8.49. The van der Waals surface area contributed by atoms with Gasteiger partial charge in [-0.2, -0.15) is 5.26 Å². The molecular weight excluding hydrogens is 229 g/mol.